The number of carbonyl (C=O) groups excluding carboxylic acids is 2. The Bertz CT molecular complexity index is 907. The Labute approximate surface area is 189 Å². The lowest BCUT2D eigenvalue weighted by molar-refractivity contribution is -0.142. The molecule has 0 saturated carbocycles. The molecule has 2 aromatic rings. The minimum absolute atomic E-state index is 0.190. The first kappa shape index (κ1) is 24.5. The van der Waals surface area contributed by atoms with E-state index in [4.69, 9.17) is 21.1 Å². The quantitative estimate of drug-likeness (QED) is 0.653. The van der Waals surface area contributed by atoms with Crippen molar-refractivity contribution >= 4 is 23.4 Å². The summed E-state index contributed by atoms with van der Waals surface area (Å²) in [5.74, 6) is 0.754. The molecule has 0 fully saturated rings. The molecule has 0 aliphatic carbocycles. The van der Waals surface area contributed by atoms with Gasteiger partial charge in [-0.05, 0) is 76.1 Å². The molecule has 1 N–H and O–H groups in total. The number of amides is 2. The van der Waals surface area contributed by atoms with Gasteiger partial charge in [-0.25, -0.2) is 0 Å². The third-order valence-corrected chi connectivity index (χ3v) is 5.09. The fourth-order valence-corrected chi connectivity index (χ4v) is 3.04. The summed E-state index contributed by atoms with van der Waals surface area (Å²) in [6, 6.07) is 11.9. The molecule has 7 heteroatoms. The predicted octanol–water partition coefficient (Wildman–Crippen LogP) is 4.37. The highest BCUT2D eigenvalue weighted by Gasteiger charge is 2.28. The Balaban J connectivity index is 2.18. The first-order valence-corrected chi connectivity index (χ1v) is 10.5. The molecule has 0 saturated heterocycles. The van der Waals surface area contributed by atoms with Crippen molar-refractivity contribution < 1.29 is 19.1 Å². The minimum Gasteiger partial charge on any atom is -0.497 e. The van der Waals surface area contributed by atoms with Gasteiger partial charge in [0.25, 0.3) is 5.91 Å². The Morgan fingerprint density at radius 2 is 1.71 bits per heavy atom. The lowest BCUT2D eigenvalue weighted by Gasteiger charge is -2.31. The number of hydrogen-bond acceptors (Lipinski definition) is 4. The second-order valence-corrected chi connectivity index (χ2v) is 8.89. The van der Waals surface area contributed by atoms with Gasteiger partial charge in [0.2, 0.25) is 5.91 Å². The normalized spacial score (nSPS) is 12.1. The molecular weight excluding hydrogens is 416 g/mol. The van der Waals surface area contributed by atoms with Gasteiger partial charge < -0.3 is 19.7 Å². The summed E-state index contributed by atoms with van der Waals surface area (Å²) in [5, 5.41) is 3.57. The van der Waals surface area contributed by atoms with Crippen LogP contribution in [0.4, 0.5) is 0 Å². The van der Waals surface area contributed by atoms with Crippen molar-refractivity contribution in [2.45, 2.75) is 52.7 Å². The number of hydrogen-bond donors (Lipinski definition) is 1. The van der Waals surface area contributed by atoms with Crippen LogP contribution in [0, 0.1) is 6.92 Å². The molecule has 0 spiro atoms. The molecule has 0 radical (unpaired) electrons. The van der Waals surface area contributed by atoms with E-state index in [1.54, 1.807) is 32.2 Å². The maximum atomic E-state index is 13.1. The highest BCUT2D eigenvalue weighted by molar-refractivity contribution is 6.31. The number of rotatable bonds is 8. The van der Waals surface area contributed by atoms with Crippen LogP contribution in [-0.4, -0.2) is 42.0 Å². The molecule has 2 aromatic carbocycles. The summed E-state index contributed by atoms with van der Waals surface area (Å²) in [6.07, 6.45) is 0. The monoisotopic (exact) mass is 446 g/mol. The van der Waals surface area contributed by atoms with Crippen molar-refractivity contribution in [2.24, 2.45) is 0 Å². The summed E-state index contributed by atoms with van der Waals surface area (Å²) in [7, 11) is 1.60. The van der Waals surface area contributed by atoms with E-state index < -0.39 is 11.6 Å². The lowest BCUT2D eigenvalue weighted by Crippen LogP contribution is -2.53. The summed E-state index contributed by atoms with van der Waals surface area (Å²) in [6.45, 7) is 9.37. The molecule has 0 aliphatic heterocycles. The van der Waals surface area contributed by atoms with Gasteiger partial charge in [-0.15, -0.1) is 0 Å². The predicted molar refractivity (Wildman–Crippen MR) is 123 cm³/mol. The van der Waals surface area contributed by atoms with Crippen molar-refractivity contribution in [2.75, 3.05) is 13.7 Å². The van der Waals surface area contributed by atoms with Crippen molar-refractivity contribution in [3.05, 3.63) is 58.6 Å². The maximum Gasteiger partial charge on any atom is 0.261 e. The molecule has 0 aliphatic rings. The van der Waals surface area contributed by atoms with E-state index in [1.165, 1.54) is 4.90 Å². The fraction of sp³-hybridized carbons (Fsp3) is 0.417. The van der Waals surface area contributed by atoms with Crippen LogP contribution < -0.4 is 14.8 Å². The van der Waals surface area contributed by atoms with Crippen LogP contribution in [0.5, 0.6) is 11.5 Å². The van der Waals surface area contributed by atoms with E-state index in [0.29, 0.717) is 10.8 Å². The van der Waals surface area contributed by atoms with E-state index in [0.717, 1.165) is 16.9 Å². The zero-order valence-corrected chi connectivity index (χ0v) is 19.7. The largest absolute Gasteiger partial charge is 0.497 e. The van der Waals surface area contributed by atoms with E-state index >= 15 is 0 Å². The van der Waals surface area contributed by atoms with Gasteiger partial charge in [0.1, 0.15) is 17.5 Å². The first-order valence-electron chi connectivity index (χ1n) is 10.1. The zero-order valence-electron chi connectivity index (χ0n) is 19.0. The number of aryl methyl sites for hydroxylation is 1. The van der Waals surface area contributed by atoms with E-state index in [-0.39, 0.29) is 25.0 Å². The van der Waals surface area contributed by atoms with Crippen molar-refractivity contribution in [3.63, 3.8) is 0 Å². The van der Waals surface area contributed by atoms with Gasteiger partial charge in [0, 0.05) is 17.1 Å². The Morgan fingerprint density at radius 1 is 1.10 bits per heavy atom. The molecule has 2 amide bonds. The van der Waals surface area contributed by atoms with Gasteiger partial charge in [-0.3, -0.25) is 9.59 Å². The van der Waals surface area contributed by atoms with E-state index in [9.17, 15) is 9.59 Å². The minimum atomic E-state index is -0.676. The third-order valence-electron chi connectivity index (χ3n) is 4.67. The average Bonchev–Trinajstić information content (AvgIpc) is 2.71. The second-order valence-electron chi connectivity index (χ2n) is 8.48. The molecule has 2 rings (SSSR count). The van der Waals surface area contributed by atoms with Crippen molar-refractivity contribution in [3.8, 4) is 11.5 Å². The highest BCUT2D eigenvalue weighted by atomic mass is 35.5. The van der Waals surface area contributed by atoms with Crippen LogP contribution in [0.2, 0.25) is 5.02 Å². The molecular formula is C24H31ClN2O4. The molecule has 168 valence electrons. The highest BCUT2D eigenvalue weighted by Crippen LogP contribution is 2.21. The van der Waals surface area contributed by atoms with Gasteiger partial charge in [0.15, 0.2) is 6.61 Å². The fourth-order valence-electron chi connectivity index (χ4n) is 2.92. The first-order chi connectivity index (χ1) is 14.5. The maximum absolute atomic E-state index is 13.1. The molecule has 0 aromatic heterocycles. The van der Waals surface area contributed by atoms with Crippen molar-refractivity contribution in [1.29, 1.82) is 0 Å². The van der Waals surface area contributed by atoms with Gasteiger partial charge in [-0.2, -0.15) is 0 Å². The topological polar surface area (TPSA) is 67.9 Å². The summed E-state index contributed by atoms with van der Waals surface area (Å²) >= 11 is 6.05. The average molecular weight is 447 g/mol. The van der Waals surface area contributed by atoms with Gasteiger partial charge in [-0.1, -0.05) is 23.7 Å². The van der Waals surface area contributed by atoms with Crippen LogP contribution in [-0.2, 0) is 16.1 Å². The van der Waals surface area contributed by atoms with Crippen LogP contribution in [0.15, 0.2) is 42.5 Å². The lowest BCUT2D eigenvalue weighted by atomic mass is 10.1. The number of nitrogens with one attached hydrogen (secondary N) is 1. The smallest absolute Gasteiger partial charge is 0.261 e. The molecule has 0 heterocycles. The number of benzene rings is 2. The molecule has 1 atom stereocenters. The van der Waals surface area contributed by atoms with Crippen molar-refractivity contribution in [1.82, 2.24) is 10.2 Å². The third kappa shape index (κ3) is 7.47. The SMILES string of the molecule is COc1ccc(CN(C(=O)COc2ccc(Cl)c(C)c2)[C@H](C)C(=O)NC(C)(C)C)cc1. The number of carbonyl (C=O) groups is 2. The van der Waals surface area contributed by atoms with Crippen LogP contribution >= 0.6 is 11.6 Å². The van der Waals surface area contributed by atoms with Gasteiger partial charge in [0.05, 0.1) is 7.11 Å². The van der Waals surface area contributed by atoms with E-state index in [1.807, 2.05) is 52.0 Å². The summed E-state index contributed by atoms with van der Waals surface area (Å²) in [5.41, 5.74) is 1.34. The zero-order chi connectivity index (χ0) is 23.2. The number of ether oxygens (including phenoxy) is 2. The molecule has 6 nitrogen and oxygen atoms in total. The Kier molecular flexibility index (Phi) is 8.34. The van der Waals surface area contributed by atoms with Crippen LogP contribution in [0.3, 0.4) is 0 Å². The van der Waals surface area contributed by atoms with Crippen LogP contribution in [0.25, 0.3) is 0 Å². The summed E-state index contributed by atoms with van der Waals surface area (Å²) < 4.78 is 10.9. The molecule has 0 bridgehead atoms. The standard InChI is InChI=1S/C24H31ClN2O4/c1-16-13-20(11-12-21(16)25)31-15-22(28)27(17(2)23(29)26-24(3,4)5)14-18-7-9-19(30-6)10-8-18/h7-13,17H,14-15H2,1-6H3,(H,26,29)/t17-/m1/s1. The second kappa shape index (κ2) is 10.5. The van der Waals surface area contributed by atoms with Crippen LogP contribution in [0.1, 0.15) is 38.8 Å². The van der Waals surface area contributed by atoms with Gasteiger partial charge >= 0.3 is 0 Å². The number of halogens is 1. The Morgan fingerprint density at radius 3 is 2.26 bits per heavy atom. The summed E-state index contributed by atoms with van der Waals surface area (Å²) in [4.78, 5) is 27.4. The molecule has 0 unspecified atom stereocenters. The molecule has 31 heavy (non-hydrogen) atoms. The number of methoxy groups -OCH3 is 1. The Hall–Kier alpha value is -2.73. The van der Waals surface area contributed by atoms with E-state index in [2.05, 4.69) is 5.32 Å². The number of nitrogens with zero attached hydrogens (tertiary/aromatic N) is 1.